The van der Waals surface area contributed by atoms with E-state index < -0.39 is 0 Å². The molecule has 2 aromatic carbocycles. The molecule has 0 saturated heterocycles. The average molecular weight is 232 g/mol. The molecular weight excluding hydrogens is 216 g/mol. The zero-order valence-electron chi connectivity index (χ0n) is 10.6. The number of fused-ring (bicyclic) bond motifs is 3. The summed E-state index contributed by atoms with van der Waals surface area (Å²) in [5.41, 5.74) is 6.89. The largest absolute Gasteiger partial charge is 0.119 e. The van der Waals surface area contributed by atoms with Crippen molar-refractivity contribution in [2.75, 3.05) is 0 Å². The molecule has 18 heavy (non-hydrogen) atoms. The van der Waals surface area contributed by atoms with E-state index in [2.05, 4.69) is 55.3 Å². The van der Waals surface area contributed by atoms with Crippen LogP contribution in [0.1, 0.15) is 36.0 Å². The standard InChI is InChI=1S/C18H16/c1-3-13(4-2)14-9-10-18-16(11-14)12-15-7-5-6-8-17(15)18/h1,5-11,13H,4,12H2,2H3. The lowest BCUT2D eigenvalue weighted by Crippen LogP contribution is -1.94. The Kier molecular flexibility index (Phi) is 2.68. The number of terminal acetylenes is 1. The van der Waals surface area contributed by atoms with E-state index in [4.69, 9.17) is 6.42 Å². The summed E-state index contributed by atoms with van der Waals surface area (Å²) < 4.78 is 0. The van der Waals surface area contributed by atoms with E-state index in [1.165, 1.54) is 27.8 Å². The van der Waals surface area contributed by atoms with Crippen molar-refractivity contribution in [2.24, 2.45) is 0 Å². The van der Waals surface area contributed by atoms with Crippen LogP contribution < -0.4 is 0 Å². The zero-order chi connectivity index (χ0) is 12.5. The monoisotopic (exact) mass is 232 g/mol. The smallest absolute Gasteiger partial charge is 0.0447 e. The van der Waals surface area contributed by atoms with Gasteiger partial charge in [-0.2, -0.15) is 0 Å². The van der Waals surface area contributed by atoms with Crippen LogP contribution in [0.2, 0.25) is 0 Å². The van der Waals surface area contributed by atoms with E-state index in [1.807, 2.05) is 0 Å². The molecule has 2 aromatic rings. The molecule has 0 nitrogen and oxygen atoms in total. The first kappa shape index (κ1) is 11.1. The molecule has 3 rings (SSSR count). The predicted molar refractivity (Wildman–Crippen MR) is 76.5 cm³/mol. The third-order valence-electron chi connectivity index (χ3n) is 3.83. The van der Waals surface area contributed by atoms with Crippen LogP contribution in [0.3, 0.4) is 0 Å². The maximum Gasteiger partial charge on any atom is 0.0447 e. The lowest BCUT2D eigenvalue weighted by molar-refractivity contribution is 0.829. The van der Waals surface area contributed by atoms with E-state index in [0.717, 1.165) is 12.8 Å². The summed E-state index contributed by atoms with van der Waals surface area (Å²) in [5, 5.41) is 0. The van der Waals surface area contributed by atoms with Gasteiger partial charge in [0.25, 0.3) is 0 Å². The van der Waals surface area contributed by atoms with Gasteiger partial charge in [0, 0.05) is 5.92 Å². The Morgan fingerprint density at radius 1 is 1.11 bits per heavy atom. The normalized spacial score (nSPS) is 13.6. The Hall–Kier alpha value is -2.00. The zero-order valence-corrected chi connectivity index (χ0v) is 10.6. The average Bonchev–Trinajstić information content (AvgIpc) is 2.78. The second-order valence-electron chi connectivity index (χ2n) is 4.88. The quantitative estimate of drug-likeness (QED) is 0.575. The topological polar surface area (TPSA) is 0 Å². The van der Waals surface area contributed by atoms with Crippen LogP contribution in [0.15, 0.2) is 42.5 Å². The Bertz CT molecular complexity index is 629. The highest BCUT2D eigenvalue weighted by Crippen LogP contribution is 2.37. The summed E-state index contributed by atoms with van der Waals surface area (Å²) in [6.45, 7) is 2.15. The van der Waals surface area contributed by atoms with Crippen molar-refractivity contribution in [2.45, 2.75) is 25.7 Å². The molecule has 0 amide bonds. The van der Waals surface area contributed by atoms with Gasteiger partial charge in [-0.15, -0.1) is 6.42 Å². The highest BCUT2D eigenvalue weighted by Gasteiger charge is 2.18. The first-order valence-corrected chi connectivity index (χ1v) is 6.50. The molecular formula is C18H16. The maximum atomic E-state index is 5.59. The fourth-order valence-electron chi connectivity index (χ4n) is 2.83. The van der Waals surface area contributed by atoms with Crippen molar-refractivity contribution in [3.8, 4) is 23.5 Å². The molecule has 0 fully saturated rings. The van der Waals surface area contributed by atoms with Gasteiger partial charge in [-0.3, -0.25) is 0 Å². The van der Waals surface area contributed by atoms with Crippen LogP contribution in [-0.2, 0) is 6.42 Å². The molecule has 1 aliphatic carbocycles. The summed E-state index contributed by atoms with van der Waals surface area (Å²) in [5.74, 6) is 3.13. The molecule has 1 atom stereocenters. The molecule has 0 aromatic heterocycles. The summed E-state index contributed by atoms with van der Waals surface area (Å²) in [6, 6.07) is 15.4. The predicted octanol–water partition coefficient (Wildman–Crippen LogP) is 4.38. The molecule has 1 unspecified atom stereocenters. The van der Waals surface area contributed by atoms with E-state index in [0.29, 0.717) is 0 Å². The molecule has 0 bridgehead atoms. The maximum absolute atomic E-state index is 5.59. The third kappa shape index (κ3) is 1.64. The van der Waals surface area contributed by atoms with Crippen LogP contribution >= 0.6 is 0 Å². The van der Waals surface area contributed by atoms with E-state index in [-0.39, 0.29) is 5.92 Å². The number of hydrogen-bond donors (Lipinski definition) is 0. The Labute approximate surface area is 109 Å². The molecule has 0 heteroatoms. The van der Waals surface area contributed by atoms with Gasteiger partial charge in [-0.05, 0) is 40.7 Å². The Balaban J connectivity index is 2.06. The second-order valence-corrected chi connectivity index (χ2v) is 4.88. The highest BCUT2D eigenvalue weighted by atomic mass is 14.2. The molecule has 0 aliphatic heterocycles. The highest BCUT2D eigenvalue weighted by molar-refractivity contribution is 5.77. The van der Waals surface area contributed by atoms with Crippen LogP contribution in [0.25, 0.3) is 11.1 Å². The lowest BCUT2D eigenvalue weighted by atomic mass is 9.94. The Morgan fingerprint density at radius 3 is 2.67 bits per heavy atom. The molecule has 0 radical (unpaired) electrons. The van der Waals surface area contributed by atoms with Gasteiger partial charge in [-0.25, -0.2) is 0 Å². The SMILES string of the molecule is C#CC(CC)c1ccc2c(c1)Cc1ccccc1-2. The summed E-state index contributed by atoms with van der Waals surface area (Å²) in [4.78, 5) is 0. The van der Waals surface area contributed by atoms with Gasteiger partial charge < -0.3 is 0 Å². The van der Waals surface area contributed by atoms with E-state index >= 15 is 0 Å². The molecule has 88 valence electrons. The second kappa shape index (κ2) is 4.35. The molecule has 0 saturated carbocycles. The van der Waals surface area contributed by atoms with Crippen molar-refractivity contribution in [3.63, 3.8) is 0 Å². The van der Waals surface area contributed by atoms with Gasteiger partial charge in [0.05, 0.1) is 0 Å². The van der Waals surface area contributed by atoms with Crippen molar-refractivity contribution in [3.05, 3.63) is 59.2 Å². The molecule has 0 N–H and O–H groups in total. The minimum Gasteiger partial charge on any atom is -0.119 e. The summed E-state index contributed by atoms with van der Waals surface area (Å²) in [7, 11) is 0. The van der Waals surface area contributed by atoms with Crippen molar-refractivity contribution in [1.29, 1.82) is 0 Å². The summed E-state index contributed by atoms with van der Waals surface area (Å²) in [6.07, 6.45) is 7.64. The lowest BCUT2D eigenvalue weighted by Gasteiger charge is -2.10. The van der Waals surface area contributed by atoms with Crippen LogP contribution in [-0.4, -0.2) is 0 Å². The fraction of sp³-hybridized carbons (Fsp3) is 0.222. The molecule has 0 heterocycles. The first-order valence-electron chi connectivity index (χ1n) is 6.50. The van der Waals surface area contributed by atoms with E-state index in [9.17, 15) is 0 Å². The minimum atomic E-state index is 0.249. The van der Waals surface area contributed by atoms with Gasteiger partial charge in [0.15, 0.2) is 0 Å². The van der Waals surface area contributed by atoms with Crippen molar-refractivity contribution in [1.82, 2.24) is 0 Å². The fourth-order valence-corrected chi connectivity index (χ4v) is 2.83. The van der Waals surface area contributed by atoms with E-state index in [1.54, 1.807) is 0 Å². The third-order valence-corrected chi connectivity index (χ3v) is 3.83. The van der Waals surface area contributed by atoms with Gasteiger partial charge in [0.2, 0.25) is 0 Å². The van der Waals surface area contributed by atoms with Crippen LogP contribution in [0, 0.1) is 12.3 Å². The number of hydrogen-bond acceptors (Lipinski definition) is 0. The van der Waals surface area contributed by atoms with Crippen molar-refractivity contribution >= 4 is 0 Å². The summed E-state index contributed by atoms with van der Waals surface area (Å²) >= 11 is 0. The molecule has 0 spiro atoms. The van der Waals surface area contributed by atoms with Gasteiger partial charge in [0.1, 0.15) is 0 Å². The van der Waals surface area contributed by atoms with Crippen LogP contribution in [0.5, 0.6) is 0 Å². The Morgan fingerprint density at radius 2 is 1.89 bits per heavy atom. The minimum absolute atomic E-state index is 0.249. The van der Waals surface area contributed by atoms with Gasteiger partial charge in [-0.1, -0.05) is 55.3 Å². The number of benzene rings is 2. The number of rotatable bonds is 2. The molecule has 1 aliphatic rings. The van der Waals surface area contributed by atoms with Crippen molar-refractivity contribution < 1.29 is 0 Å². The van der Waals surface area contributed by atoms with Crippen LogP contribution in [0.4, 0.5) is 0 Å². The first-order chi connectivity index (χ1) is 8.83. The van der Waals surface area contributed by atoms with Gasteiger partial charge >= 0.3 is 0 Å².